The molecule has 0 radical (unpaired) electrons. The molecule has 0 bridgehead atoms. The van der Waals surface area contributed by atoms with E-state index in [1.165, 1.54) is 0 Å². The highest BCUT2D eigenvalue weighted by molar-refractivity contribution is 5.76. The summed E-state index contributed by atoms with van der Waals surface area (Å²) in [4.78, 5) is 4.53. The van der Waals surface area contributed by atoms with Crippen molar-refractivity contribution in [2.75, 3.05) is 21.3 Å². The van der Waals surface area contributed by atoms with Gasteiger partial charge in [0.25, 0.3) is 0 Å². The van der Waals surface area contributed by atoms with Gasteiger partial charge in [0.1, 0.15) is 18.5 Å². The van der Waals surface area contributed by atoms with Crippen LogP contribution in [0, 0.1) is 6.92 Å². The number of methoxy groups -OCH3 is 3. The molecule has 3 rings (SSSR count). The summed E-state index contributed by atoms with van der Waals surface area (Å²) in [6.07, 6.45) is 5.02. The van der Waals surface area contributed by atoms with Crippen LogP contribution >= 0.6 is 0 Å². The number of aromatic nitrogens is 4. The lowest BCUT2D eigenvalue weighted by atomic mass is 10.0. The number of rotatable bonds is 5. The third-order valence-electron chi connectivity index (χ3n) is 3.73. The zero-order valence-electron chi connectivity index (χ0n) is 14.0. The third-order valence-corrected chi connectivity index (χ3v) is 3.73. The smallest absolute Gasteiger partial charge is 0.203 e. The standard InChI is InChI=1S/C17H18N4O3/c1-11-7-12(8-18-17(11)21-9-19-20-10-21)13-5-6-14(22-2)16(24-4)15(13)23-3/h5-10H,1-4H3. The lowest BCUT2D eigenvalue weighted by Crippen LogP contribution is -2.00. The number of hydrogen-bond donors (Lipinski definition) is 0. The predicted octanol–water partition coefficient (Wildman–Crippen LogP) is 2.66. The maximum absolute atomic E-state index is 5.55. The topological polar surface area (TPSA) is 71.3 Å². The number of aryl methyl sites for hydroxylation is 1. The Morgan fingerprint density at radius 3 is 2.21 bits per heavy atom. The van der Waals surface area contributed by atoms with Crippen molar-refractivity contribution in [3.63, 3.8) is 0 Å². The highest BCUT2D eigenvalue weighted by Gasteiger charge is 2.18. The van der Waals surface area contributed by atoms with Gasteiger partial charge in [0.15, 0.2) is 11.5 Å². The Balaban J connectivity index is 2.11. The van der Waals surface area contributed by atoms with Gasteiger partial charge in [-0.1, -0.05) is 0 Å². The van der Waals surface area contributed by atoms with Gasteiger partial charge in [-0.3, -0.25) is 4.57 Å². The van der Waals surface area contributed by atoms with Gasteiger partial charge in [-0.05, 0) is 30.7 Å². The number of benzene rings is 1. The van der Waals surface area contributed by atoms with E-state index < -0.39 is 0 Å². The van der Waals surface area contributed by atoms with Gasteiger partial charge in [0, 0.05) is 17.3 Å². The van der Waals surface area contributed by atoms with Gasteiger partial charge >= 0.3 is 0 Å². The Morgan fingerprint density at radius 1 is 0.917 bits per heavy atom. The fourth-order valence-electron chi connectivity index (χ4n) is 2.62. The van der Waals surface area contributed by atoms with Crippen molar-refractivity contribution in [2.24, 2.45) is 0 Å². The van der Waals surface area contributed by atoms with Crippen LogP contribution in [-0.2, 0) is 0 Å². The molecule has 0 aliphatic carbocycles. The summed E-state index contributed by atoms with van der Waals surface area (Å²) in [5.41, 5.74) is 2.78. The summed E-state index contributed by atoms with van der Waals surface area (Å²) >= 11 is 0. The maximum atomic E-state index is 5.55. The molecule has 0 N–H and O–H groups in total. The maximum Gasteiger partial charge on any atom is 0.203 e. The van der Waals surface area contributed by atoms with E-state index in [-0.39, 0.29) is 0 Å². The molecule has 0 spiro atoms. The van der Waals surface area contributed by atoms with E-state index in [0.29, 0.717) is 17.2 Å². The van der Waals surface area contributed by atoms with Crippen molar-refractivity contribution in [1.82, 2.24) is 19.7 Å². The second-order valence-electron chi connectivity index (χ2n) is 5.12. The molecule has 0 amide bonds. The highest BCUT2D eigenvalue weighted by atomic mass is 16.5. The van der Waals surface area contributed by atoms with Crippen LogP contribution in [0.25, 0.3) is 16.9 Å². The third kappa shape index (κ3) is 2.64. The molecule has 0 fully saturated rings. The number of ether oxygens (including phenoxy) is 3. The van der Waals surface area contributed by atoms with Crippen LogP contribution in [0.1, 0.15) is 5.56 Å². The Bertz CT molecular complexity index is 847. The second kappa shape index (κ2) is 6.57. The van der Waals surface area contributed by atoms with E-state index in [2.05, 4.69) is 15.2 Å². The van der Waals surface area contributed by atoms with Crippen molar-refractivity contribution >= 4 is 0 Å². The SMILES string of the molecule is COc1ccc(-c2cnc(-n3cnnc3)c(C)c2)c(OC)c1OC. The molecule has 24 heavy (non-hydrogen) atoms. The zero-order chi connectivity index (χ0) is 17.1. The monoisotopic (exact) mass is 326 g/mol. The molecule has 0 aliphatic heterocycles. The van der Waals surface area contributed by atoms with Crippen molar-refractivity contribution in [2.45, 2.75) is 6.92 Å². The molecule has 124 valence electrons. The lowest BCUT2D eigenvalue weighted by molar-refractivity contribution is 0.325. The van der Waals surface area contributed by atoms with Crippen LogP contribution in [0.2, 0.25) is 0 Å². The summed E-state index contributed by atoms with van der Waals surface area (Å²) in [7, 11) is 4.78. The first kappa shape index (κ1) is 15.8. The molecular weight excluding hydrogens is 308 g/mol. The minimum atomic E-state index is 0.554. The minimum absolute atomic E-state index is 0.554. The van der Waals surface area contributed by atoms with Gasteiger partial charge < -0.3 is 14.2 Å². The van der Waals surface area contributed by atoms with E-state index >= 15 is 0 Å². The highest BCUT2D eigenvalue weighted by Crippen LogP contribution is 2.44. The zero-order valence-corrected chi connectivity index (χ0v) is 14.0. The largest absolute Gasteiger partial charge is 0.493 e. The van der Waals surface area contributed by atoms with Crippen LogP contribution in [0.5, 0.6) is 17.2 Å². The molecule has 3 aromatic rings. The number of hydrogen-bond acceptors (Lipinski definition) is 6. The second-order valence-corrected chi connectivity index (χ2v) is 5.12. The fraction of sp³-hybridized carbons (Fsp3) is 0.235. The Labute approximate surface area is 139 Å². The summed E-state index contributed by atoms with van der Waals surface area (Å²) in [5, 5.41) is 7.62. The Morgan fingerprint density at radius 2 is 1.62 bits per heavy atom. The van der Waals surface area contributed by atoms with Crippen molar-refractivity contribution in [1.29, 1.82) is 0 Å². The van der Waals surface area contributed by atoms with E-state index in [4.69, 9.17) is 14.2 Å². The fourth-order valence-corrected chi connectivity index (χ4v) is 2.62. The first-order chi connectivity index (χ1) is 11.7. The molecular formula is C17H18N4O3. The quantitative estimate of drug-likeness (QED) is 0.718. The van der Waals surface area contributed by atoms with E-state index in [0.717, 1.165) is 22.5 Å². The molecule has 0 saturated heterocycles. The Hall–Kier alpha value is -3.09. The average molecular weight is 326 g/mol. The summed E-state index contributed by atoms with van der Waals surface area (Å²) in [5.74, 6) is 2.56. The minimum Gasteiger partial charge on any atom is -0.493 e. The first-order valence-electron chi connectivity index (χ1n) is 7.30. The van der Waals surface area contributed by atoms with Gasteiger partial charge in [0.2, 0.25) is 5.75 Å². The summed E-state index contributed by atoms with van der Waals surface area (Å²) < 4.78 is 18.1. The van der Waals surface area contributed by atoms with E-state index in [9.17, 15) is 0 Å². The van der Waals surface area contributed by atoms with E-state index in [1.54, 1.807) is 44.7 Å². The average Bonchev–Trinajstić information content (AvgIpc) is 3.14. The molecule has 0 atom stereocenters. The lowest BCUT2D eigenvalue weighted by Gasteiger charge is -2.16. The molecule has 1 aromatic carbocycles. The predicted molar refractivity (Wildman–Crippen MR) is 89.0 cm³/mol. The molecule has 7 heteroatoms. The first-order valence-corrected chi connectivity index (χ1v) is 7.30. The van der Waals surface area contributed by atoms with Crippen molar-refractivity contribution < 1.29 is 14.2 Å². The molecule has 2 aromatic heterocycles. The van der Waals surface area contributed by atoms with Crippen LogP contribution in [-0.4, -0.2) is 41.1 Å². The van der Waals surface area contributed by atoms with Gasteiger partial charge in [-0.15, -0.1) is 10.2 Å². The van der Waals surface area contributed by atoms with Gasteiger partial charge in [0.05, 0.1) is 21.3 Å². The molecule has 2 heterocycles. The van der Waals surface area contributed by atoms with Crippen LogP contribution in [0.15, 0.2) is 37.1 Å². The van der Waals surface area contributed by atoms with Crippen molar-refractivity contribution in [3.8, 4) is 34.2 Å². The Kier molecular flexibility index (Phi) is 4.33. The van der Waals surface area contributed by atoms with E-state index in [1.807, 2.05) is 25.1 Å². The summed E-state index contributed by atoms with van der Waals surface area (Å²) in [6, 6.07) is 5.81. The molecule has 0 unspecified atom stereocenters. The number of nitrogens with zero attached hydrogens (tertiary/aromatic N) is 4. The van der Waals surface area contributed by atoms with Gasteiger partial charge in [-0.2, -0.15) is 0 Å². The van der Waals surface area contributed by atoms with Crippen LogP contribution < -0.4 is 14.2 Å². The normalized spacial score (nSPS) is 10.5. The number of pyridine rings is 1. The summed E-state index contributed by atoms with van der Waals surface area (Å²) in [6.45, 7) is 1.99. The van der Waals surface area contributed by atoms with Crippen molar-refractivity contribution in [3.05, 3.63) is 42.6 Å². The van der Waals surface area contributed by atoms with Gasteiger partial charge in [-0.25, -0.2) is 4.98 Å². The molecule has 0 saturated carbocycles. The van der Waals surface area contributed by atoms with Crippen LogP contribution in [0.4, 0.5) is 0 Å². The molecule has 0 aliphatic rings. The molecule has 7 nitrogen and oxygen atoms in total. The van der Waals surface area contributed by atoms with Crippen LogP contribution in [0.3, 0.4) is 0 Å².